The summed E-state index contributed by atoms with van der Waals surface area (Å²) in [5.74, 6) is 0.142. The molecule has 0 saturated heterocycles. The molecule has 0 saturated carbocycles. The average Bonchev–Trinajstić information content (AvgIpc) is 2.74. The molecule has 0 aliphatic rings. The summed E-state index contributed by atoms with van der Waals surface area (Å²) >= 11 is 1.48. The number of anilines is 1. The van der Waals surface area contributed by atoms with Crippen LogP contribution in [0, 0.1) is 0 Å². The highest BCUT2D eigenvalue weighted by atomic mass is 32.2. The molecule has 3 aromatic carbocycles. The molecule has 0 aliphatic heterocycles. The Morgan fingerprint density at radius 2 is 1.59 bits per heavy atom. The van der Waals surface area contributed by atoms with Crippen molar-refractivity contribution in [1.29, 1.82) is 0 Å². The molecular formula is C21H20N2O4S2. The van der Waals surface area contributed by atoms with Gasteiger partial charge in [-0.3, -0.25) is 9.52 Å². The van der Waals surface area contributed by atoms with Crippen molar-refractivity contribution >= 4 is 33.4 Å². The first-order chi connectivity index (χ1) is 14.0. The minimum absolute atomic E-state index is 0.101. The number of ether oxygens (including phenoxy) is 1. The van der Waals surface area contributed by atoms with Crippen LogP contribution in [0.1, 0.15) is 0 Å². The first kappa shape index (κ1) is 20.8. The standard InChI is InChI=1S/C21H20N2O4S2/c1-22-21(24)15-27-16-11-13-18(14-12-16)29(25,26)23-19-9-5-6-10-20(19)28-17-7-3-2-4-8-17/h2-14,23H,15H2,1H3,(H,22,24). The van der Waals surface area contributed by atoms with Crippen molar-refractivity contribution in [1.82, 2.24) is 5.32 Å². The highest BCUT2D eigenvalue weighted by Gasteiger charge is 2.16. The minimum atomic E-state index is -3.78. The lowest BCUT2D eigenvalue weighted by Crippen LogP contribution is -2.24. The summed E-state index contributed by atoms with van der Waals surface area (Å²) in [6.45, 7) is -0.134. The SMILES string of the molecule is CNC(=O)COc1ccc(S(=O)(=O)Nc2ccccc2Sc2ccccc2)cc1. The van der Waals surface area contributed by atoms with Gasteiger partial charge in [-0.1, -0.05) is 42.1 Å². The van der Waals surface area contributed by atoms with Crippen LogP contribution in [0.2, 0.25) is 0 Å². The zero-order valence-electron chi connectivity index (χ0n) is 15.7. The molecule has 8 heteroatoms. The van der Waals surface area contributed by atoms with E-state index < -0.39 is 10.0 Å². The summed E-state index contributed by atoms with van der Waals surface area (Å²) in [6.07, 6.45) is 0. The third-order valence-corrected chi connectivity index (χ3v) is 6.35. The van der Waals surface area contributed by atoms with Crippen molar-refractivity contribution in [3.63, 3.8) is 0 Å². The zero-order valence-corrected chi connectivity index (χ0v) is 17.3. The van der Waals surface area contributed by atoms with Crippen LogP contribution in [0.15, 0.2) is 93.5 Å². The quantitative estimate of drug-likeness (QED) is 0.571. The van der Waals surface area contributed by atoms with Gasteiger partial charge in [0.15, 0.2) is 6.61 Å². The van der Waals surface area contributed by atoms with E-state index in [2.05, 4.69) is 10.0 Å². The Bertz CT molecular complexity index is 1070. The molecule has 0 radical (unpaired) electrons. The number of carbonyl (C=O) groups is 1. The number of hydrogen-bond donors (Lipinski definition) is 2. The van der Waals surface area contributed by atoms with Crippen molar-refractivity contribution < 1.29 is 17.9 Å². The third-order valence-electron chi connectivity index (χ3n) is 3.89. The number of rotatable bonds is 8. The largest absolute Gasteiger partial charge is 0.484 e. The number of benzene rings is 3. The molecule has 0 unspecified atom stereocenters. The van der Waals surface area contributed by atoms with Crippen LogP contribution >= 0.6 is 11.8 Å². The number of nitrogens with one attached hydrogen (secondary N) is 2. The second kappa shape index (κ2) is 9.49. The van der Waals surface area contributed by atoms with Crippen LogP contribution in [-0.2, 0) is 14.8 Å². The molecule has 0 heterocycles. The van der Waals surface area contributed by atoms with E-state index in [0.29, 0.717) is 11.4 Å². The van der Waals surface area contributed by atoms with Gasteiger partial charge in [-0.15, -0.1) is 0 Å². The van der Waals surface area contributed by atoms with Gasteiger partial charge < -0.3 is 10.1 Å². The molecule has 3 aromatic rings. The molecule has 0 spiro atoms. The molecule has 0 fully saturated rings. The molecule has 6 nitrogen and oxygen atoms in total. The van der Waals surface area contributed by atoms with Crippen LogP contribution in [0.4, 0.5) is 5.69 Å². The van der Waals surface area contributed by atoms with Gasteiger partial charge in [0.1, 0.15) is 5.75 Å². The lowest BCUT2D eigenvalue weighted by Gasteiger charge is -2.13. The molecule has 3 rings (SSSR count). The van der Waals surface area contributed by atoms with Gasteiger partial charge in [-0.25, -0.2) is 8.42 Å². The van der Waals surface area contributed by atoms with Gasteiger partial charge in [0.25, 0.3) is 15.9 Å². The number of carbonyl (C=O) groups excluding carboxylic acids is 1. The Hall–Kier alpha value is -2.97. The predicted octanol–water partition coefficient (Wildman–Crippen LogP) is 3.76. The normalized spacial score (nSPS) is 10.9. The fraction of sp³-hybridized carbons (Fsp3) is 0.0952. The maximum atomic E-state index is 12.8. The molecular weight excluding hydrogens is 408 g/mol. The number of hydrogen-bond acceptors (Lipinski definition) is 5. The summed E-state index contributed by atoms with van der Waals surface area (Å²) in [5, 5.41) is 2.45. The maximum Gasteiger partial charge on any atom is 0.261 e. The Morgan fingerprint density at radius 3 is 2.28 bits per heavy atom. The molecule has 0 aliphatic carbocycles. The van der Waals surface area contributed by atoms with Gasteiger partial charge in [0.05, 0.1) is 10.6 Å². The Labute approximate surface area is 174 Å². The van der Waals surface area contributed by atoms with Crippen LogP contribution in [0.5, 0.6) is 5.75 Å². The second-order valence-corrected chi connectivity index (χ2v) is 8.75. The zero-order chi connectivity index (χ0) is 20.7. The van der Waals surface area contributed by atoms with Crippen molar-refractivity contribution in [2.24, 2.45) is 0 Å². The molecule has 2 N–H and O–H groups in total. The predicted molar refractivity (Wildman–Crippen MR) is 114 cm³/mol. The van der Waals surface area contributed by atoms with E-state index in [0.717, 1.165) is 9.79 Å². The van der Waals surface area contributed by atoms with E-state index in [-0.39, 0.29) is 17.4 Å². The van der Waals surface area contributed by atoms with E-state index in [4.69, 9.17) is 4.74 Å². The van der Waals surface area contributed by atoms with Crippen LogP contribution in [-0.4, -0.2) is 28.0 Å². The van der Waals surface area contributed by atoms with E-state index in [1.807, 2.05) is 42.5 Å². The van der Waals surface area contributed by atoms with Crippen LogP contribution < -0.4 is 14.8 Å². The molecule has 0 aromatic heterocycles. The van der Waals surface area contributed by atoms with Crippen molar-refractivity contribution in [2.75, 3.05) is 18.4 Å². The summed E-state index contributed by atoms with van der Waals surface area (Å²) in [7, 11) is -2.26. The summed E-state index contributed by atoms with van der Waals surface area (Å²) in [5.41, 5.74) is 0.501. The summed E-state index contributed by atoms with van der Waals surface area (Å²) in [6, 6.07) is 22.9. The second-order valence-electron chi connectivity index (χ2n) is 5.95. The number of sulfonamides is 1. The fourth-order valence-corrected chi connectivity index (χ4v) is 4.46. The summed E-state index contributed by atoms with van der Waals surface area (Å²) in [4.78, 5) is 13.1. The van der Waals surface area contributed by atoms with Crippen LogP contribution in [0.25, 0.3) is 0 Å². The van der Waals surface area contributed by atoms with Gasteiger partial charge in [0, 0.05) is 16.8 Å². The Morgan fingerprint density at radius 1 is 0.931 bits per heavy atom. The molecule has 0 bridgehead atoms. The molecule has 0 atom stereocenters. The van der Waals surface area contributed by atoms with Gasteiger partial charge in [-0.2, -0.15) is 0 Å². The van der Waals surface area contributed by atoms with Gasteiger partial charge in [0.2, 0.25) is 0 Å². The lowest BCUT2D eigenvalue weighted by molar-refractivity contribution is -0.122. The fourth-order valence-electron chi connectivity index (χ4n) is 2.40. The van der Waals surface area contributed by atoms with E-state index >= 15 is 0 Å². The molecule has 150 valence electrons. The van der Waals surface area contributed by atoms with Gasteiger partial charge in [-0.05, 0) is 48.5 Å². The van der Waals surface area contributed by atoms with Gasteiger partial charge >= 0.3 is 0 Å². The Balaban J connectivity index is 1.75. The van der Waals surface area contributed by atoms with E-state index in [1.165, 1.54) is 43.1 Å². The smallest absolute Gasteiger partial charge is 0.261 e. The lowest BCUT2D eigenvalue weighted by atomic mass is 10.3. The van der Waals surface area contributed by atoms with E-state index in [1.54, 1.807) is 12.1 Å². The average molecular weight is 429 g/mol. The number of para-hydroxylation sites is 1. The van der Waals surface area contributed by atoms with Crippen molar-refractivity contribution in [3.05, 3.63) is 78.9 Å². The van der Waals surface area contributed by atoms with Crippen LogP contribution in [0.3, 0.4) is 0 Å². The molecule has 1 amide bonds. The topological polar surface area (TPSA) is 84.5 Å². The number of likely N-dealkylation sites (N-methyl/N-ethyl adjacent to an activating group) is 1. The highest BCUT2D eigenvalue weighted by Crippen LogP contribution is 2.34. The maximum absolute atomic E-state index is 12.8. The highest BCUT2D eigenvalue weighted by molar-refractivity contribution is 7.99. The monoisotopic (exact) mass is 428 g/mol. The minimum Gasteiger partial charge on any atom is -0.484 e. The van der Waals surface area contributed by atoms with Crippen molar-refractivity contribution in [3.8, 4) is 5.75 Å². The Kier molecular flexibility index (Phi) is 6.79. The third kappa shape index (κ3) is 5.75. The summed E-state index contributed by atoms with van der Waals surface area (Å²) < 4.78 is 33.6. The van der Waals surface area contributed by atoms with E-state index in [9.17, 15) is 13.2 Å². The molecule has 29 heavy (non-hydrogen) atoms. The number of amides is 1. The first-order valence-corrected chi connectivity index (χ1v) is 11.1. The first-order valence-electron chi connectivity index (χ1n) is 8.76. The van der Waals surface area contributed by atoms with Crippen molar-refractivity contribution in [2.45, 2.75) is 14.7 Å².